The van der Waals surface area contributed by atoms with Crippen molar-refractivity contribution >= 4 is 17.5 Å². The van der Waals surface area contributed by atoms with Gasteiger partial charge in [-0.05, 0) is 36.2 Å². The molecule has 2 amide bonds. The standard InChI is InChI=1S/C22H25N3O3/c26-21-20(17-5-2-1-3-6-17)25(12-4-11-23-21)22(27)18-7-9-19(10-8-18)24-13-15-28-16-14-24/h1-3,5-10,20H,4,11-16H2,(H,23,26). The van der Waals surface area contributed by atoms with Gasteiger partial charge in [-0.3, -0.25) is 9.59 Å². The van der Waals surface area contributed by atoms with E-state index in [-0.39, 0.29) is 11.8 Å². The molecule has 6 nitrogen and oxygen atoms in total. The Morgan fingerprint density at radius 3 is 2.39 bits per heavy atom. The monoisotopic (exact) mass is 379 g/mol. The fraction of sp³-hybridized carbons (Fsp3) is 0.364. The normalized spacial score (nSPS) is 20.4. The van der Waals surface area contributed by atoms with Gasteiger partial charge in [0.05, 0.1) is 13.2 Å². The van der Waals surface area contributed by atoms with E-state index in [0.29, 0.717) is 18.7 Å². The van der Waals surface area contributed by atoms with Gasteiger partial charge in [0.25, 0.3) is 5.91 Å². The Hall–Kier alpha value is -2.86. The van der Waals surface area contributed by atoms with Crippen LogP contribution >= 0.6 is 0 Å². The summed E-state index contributed by atoms with van der Waals surface area (Å²) in [6.07, 6.45) is 0.743. The Kier molecular flexibility index (Phi) is 5.58. The summed E-state index contributed by atoms with van der Waals surface area (Å²) < 4.78 is 5.40. The number of amides is 2. The molecule has 1 N–H and O–H groups in total. The lowest BCUT2D eigenvalue weighted by Crippen LogP contribution is -2.41. The van der Waals surface area contributed by atoms with E-state index in [2.05, 4.69) is 10.2 Å². The van der Waals surface area contributed by atoms with Gasteiger partial charge in [-0.25, -0.2) is 0 Å². The molecule has 0 spiro atoms. The number of morpholine rings is 1. The SMILES string of the molecule is O=C1NCCCN(C(=O)c2ccc(N3CCOCC3)cc2)C1c1ccccc1. The van der Waals surface area contributed by atoms with Crippen LogP contribution in [-0.4, -0.2) is 56.1 Å². The predicted octanol–water partition coefficient (Wildman–Crippen LogP) is 2.23. The van der Waals surface area contributed by atoms with Crippen molar-refractivity contribution in [3.8, 4) is 0 Å². The zero-order chi connectivity index (χ0) is 19.3. The fourth-order valence-electron chi connectivity index (χ4n) is 3.82. The maximum atomic E-state index is 13.3. The molecule has 1 atom stereocenters. The van der Waals surface area contributed by atoms with E-state index < -0.39 is 6.04 Å². The van der Waals surface area contributed by atoms with Crippen LogP contribution in [-0.2, 0) is 9.53 Å². The number of carbonyl (C=O) groups is 2. The van der Waals surface area contributed by atoms with Crippen molar-refractivity contribution in [3.05, 3.63) is 65.7 Å². The summed E-state index contributed by atoms with van der Waals surface area (Å²) in [6, 6.07) is 16.6. The number of nitrogens with zero attached hydrogens (tertiary/aromatic N) is 2. The first kappa shape index (κ1) is 18.5. The average molecular weight is 379 g/mol. The summed E-state index contributed by atoms with van der Waals surface area (Å²) in [6.45, 7) is 4.29. The first-order valence-corrected chi connectivity index (χ1v) is 9.80. The number of hydrogen-bond donors (Lipinski definition) is 1. The molecule has 146 valence electrons. The number of nitrogens with one attached hydrogen (secondary N) is 1. The Morgan fingerprint density at radius 2 is 1.68 bits per heavy atom. The van der Waals surface area contributed by atoms with Crippen LogP contribution < -0.4 is 10.2 Å². The third-order valence-electron chi connectivity index (χ3n) is 5.30. The van der Waals surface area contributed by atoms with E-state index >= 15 is 0 Å². The fourth-order valence-corrected chi connectivity index (χ4v) is 3.82. The largest absolute Gasteiger partial charge is 0.378 e. The Morgan fingerprint density at radius 1 is 0.964 bits per heavy atom. The lowest BCUT2D eigenvalue weighted by atomic mass is 10.0. The molecular formula is C22H25N3O3. The van der Waals surface area contributed by atoms with Crippen LogP contribution in [0.3, 0.4) is 0 Å². The summed E-state index contributed by atoms with van der Waals surface area (Å²) in [7, 11) is 0. The number of anilines is 1. The van der Waals surface area contributed by atoms with Gasteiger partial charge in [0.15, 0.2) is 0 Å². The quantitative estimate of drug-likeness (QED) is 0.888. The number of carbonyl (C=O) groups excluding carboxylic acids is 2. The van der Waals surface area contributed by atoms with E-state index in [9.17, 15) is 9.59 Å². The Labute approximate surface area is 165 Å². The van der Waals surface area contributed by atoms with Crippen LogP contribution in [0.25, 0.3) is 0 Å². The van der Waals surface area contributed by atoms with Crippen molar-refractivity contribution in [2.24, 2.45) is 0 Å². The van der Waals surface area contributed by atoms with E-state index in [1.807, 2.05) is 54.6 Å². The summed E-state index contributed by atoms with van der Waals surface area (Å²) in [4.78, 5) is 29.9. The van der Waals surface area contributed by atoms with Crippen LogP contribution in [0.5, 0.6) is 0 Å². The molecule has 6 heteroatoms. The molecule has 0 aliphatic carbocycles. The third-order valence-corrected chi connectivity index (χ3v) is 5.30. The summed E-state index contributed by atoms with van der Waals surface area (Å²) >= 11 is 0. The molecule has 0 aromatic heterocycles. The molecule has 28 heavy (non-hydrogen) atoms. The van der Waals surface area contributed by atoms with Crippen molar-refractivity contribution in [1.29, 1.82) is 0 Å². The highest BCUT2D eigenvalue weighted by Gasteiger charge is 2.33. The molecule has 1 unspecified atom stereocenters. The smallest absolute Gasteiger partial charge is 0.254 e. The van der Waals surface area contributed by atoms with Gasteiger partial charge in [0.2, 0.25) is 5.91 Å². The Balaban J connectivity index is 1.58. The van der Waals surface area contributed by atoms with Crippen LogP contribution in [0.4, 0.5) is 5.69 Å². The molecule has 2 saturated heterocycles. The molecule has 2 heterocycles. The first-order valence-electron chi connectivity index (χ1n) is 9.80. The number of ether oxygens (including phenoxy) is 1. The molecule has 2 aliphatic rings. The average Bonchev–Trinajstić information content (AvgIpc) is 2.96. The lowest BCUT2D eigenvalue weighted by molar-refractivity contribution is -0.125. The maximum Gasteiger partial charge on any atom is 0.254 e. The zero-order valence-corrected chi connectivity index (χ0v) is 15.8. The number of rotatable bonds is 3. The minimum Gasteiger partial charge on any atom is -0.378 e. The summed E-state index contributed by atoms with van der Waals surface area (Å²) in [5.74, 6) is -0.235. The van der Waals surface area contributed by atoms with Crippen LogP contribution in [0.1, 0.15) is 28.4 Å². The molecule has 2 aromatic carbocycles. The molecule has 0 bridgehead atoms. The van der Waals surface area contributed by atoms with Gasteiger partial charge in [0, 0.05) is 37.4 Å². The highest BCUT2D eigenvalue weighted by atomic mass is 16.5. The second-order valence-corrected chi connectivity index (χ2v) is 7.10. The lowest BCUT2D eigenvalue weighted by Gasteiger charge is -2.30. The van der Waals surface area contributed by atoms with Gasteiger partial charge < -0.3 is 19.9 Å². The highest BCUT2D eigenvalue weighted by molar-refractivity contribution is 5.98. The Bertz CT molecular complexity index is 817. The van der Waals surface area contributed by atoms with Crippen LogP contribution in [0, 0.1) is 0 Å². The van der Waals surface area contributed by atoms with Crippen molar-refractivity contribution < 1.29 is 14.3 Å². The van der Waals surface area contributed by atoms with Gasteiger partial charge in [-0.15, -0.1) is 0 Å². The van der Waals surface area contributed by atoms with Crippen molar-refractivity contribution in [2.75, 3.05) is 44.3 Å². The maximum absolute atomic E-state index is 13.3. The molecular weight excluding hydrogens is 354 g/mol. The molecule has 4 rings (SSSR count). The second kappa shape index (κ2) is 8.44. The van der Waals surface area contributed by atoms with Gasteiger partial charge >= 0.3 is 0 Å². The highest BCUT2D eigenvalue weighted by Crippen LogP contribution is 2.26. The predicted molar refractivity (Wildman–Crippen MR) is 107 cm³/mol. The molecule has 2 aliphatic heterocycles. The summed E-state index contributed by atoms with van der Waals surface area (Å²) in [5, 5.41) is 2.93. The molecule has 2 aromatic rings. The minimum absolute atomic E-state index is 0.112. The van der Waals surface area contributed by atoms with Crippen molar-refractivity contribution in [1.82, 2.24) is 10.2 Å². The number of hydrogen-bond acceptors (Lipinski definition) is 4. The van der Waals surface area contributed by atoms with Gasteiger partial charge in [0.1, 0.15) is 6.04 Å². The number of benzene rings is 2. The van der Waals surface area contributed by atoms with Crippen molar-refractivity contribution in [2.45, 2.75) is 12.5 Å². The molecule has 2 fully saturated rings. The second-order valence-electron chi connectivity index (χ2n) is 7.10. The van der Waals surface area contributed by atoms with Crippen LogP contribution in [0.15, 0.2) is 54.6 Å². The third kappa shape index (κ3) is 3.87. The topological polar surface area (TPSA) is 61.9 Å². The first-order chi connectivity index (χ1) is 13.7. The van der Waals surface area contributed by atoms with Crippen molar-refractivity contribution in [3.63, 3.8) is 0 Å². The van der Waals surface area contributed by atoms with E-state index in [4.69, 9.17) is 4.74 Å². The van der Waals surface area contributed by atoms with Gasteiger partial charge in [-0.1, -0.05) is 30.3 Å². The molecule has 0 saturated carbocycles. The van der Waals surface area contributed by atoms with Crippen LogP contribution in [0.2, 0.25) is 0 Å². The molecule has 0 radical (unpaired) electrons. The van der Waals surface area contributed by atoms with E-state index in [1.54, 1.807) is 4.90 Å². The minimum atomic E-state index is -0.602. The zero-order valence-electron chi connectivity index (χ0n) is 15.8. The summed E-state index contributed by atoms with van der Waals surface area (Å²) in [5.41, 5.74) is 2.53. The van der Waals surface area contributed by atoms with E-state index in [0.717, 1.165) is 44.0 Å². The van der Waals surface area contributed by atoms with Gasteiger partial charge in [-0.2, -0.15) is 0 Å². The van der Waals surface area contributed by atoms with E-state index in [1.165, 1.54) is 0 Å².